The predicted molar refractivity (Wildman–Crippen MR) is 159 cm³/mol. The molecule has 1 amide bonds. The minimum atomic E-state index is -4.49. The summed E-state index contributed by atoms with van der Waals surface area (Å²) in [4.78, 5) is 24.4. The number of rotatable bonds is 8. The summed E-state index contributed by atoms with van der Waals surface area (Å²) in [7, 11) is 0. The quantitative estimate of drug-likeness (QED) is 0.279. The maximum Gasteiger partial charge on any atom is 0.416 e. The van der Waals surface area contributed by atoms with E-state index in [1.54, 1.807) is 24.3 Å². The number of aromatic nitrogens is 2. The molecule has 3 aromatic rings. The van der Waals surface area contributed by atoms with Gasteiger partial charge in [0, 0.05) is 43.0 Å². The maximum atomic E-state index is 13.4. The van der Waals surface area contributed by atoms with Crippen molar-refractivity contribution in [3.05, 3.63) is 70.5 Å². The molecule has 1 fully saturated rings. The summed E-state index contributed by atoms with van der Waals surface area (Å²) >= 11 is 6.43. The molecule has 3 N–H and O–H groups in total. The van der Waals surface area contributed by atoms with Crippen molar-refractivity contribution >= 4 is 40.9 Å². The number of nitrogens with one attached hydrogen (secondary N) is 3. The Hall–Kier alpha value is -3.87. The molecule has 9 nitrogen and oxygen atoms in total. The van der Waals surface area contributed by atoms with Gasteiger partial charge in [-0.1, -0.05) is 17.7 Å². The van der Waals surface area contributed by atoms with Crippen LogP contribution in [-0.4, -0.2) is 65.7 Å². The van der Waals surface area contributed by atoms with Crippen LogP contribution in [-0.2, 0) is 15.7 Å². The van der Waals surface area contributed by atoms with Crippen LogP contribution in [0.5, 0.6) is 11.5 Å². The van der Waals surface area contributed by atoms with Crippen LogP contribution in [0.25, 0.3) is 6.08 Å². The first-order chi connectivity index (χ1) is 20.5. The lowest BCUT2D eigenvalue weighted by molar-refractivity contribution is -0.137. The van der Waals surface area contributed by atoms with E-state index in [4.69, 9.17) is 21.1 Å². The Kier molecular flexibility index (Phi) is 9.09. The number of carbonyl (C=O) groups is 1. The van der Waals surface area contributed by atoms with E-state index in [1.165, 1.54) is 18.5 Å². The molecule has 43 heavy (non-hydrogen) atoms. The molecular weight excluding hydrogens is 585 g/mol. The van der Waals surface area contributed by atoms with Crippen molar-refractivity contribution in [2.24, 2.45) is 0 Å². The molecule has 0 aliphatic carbocycles. The Labute approximate surface area is 252 Å². The molecule has 2 aromatic carbocycles. The molecule has 0 unspecified atom stereocenters. The molecule has 3 heterocycles. The van der Waals surface area contributed by atoms with Gasteiger partial charge in [0.1, 0.15) is 29.5 Å². The average Bonchev–Trinajstić information content (AvgIpc) is 3.18. The summed E-state index contributed by atoms with van der Waals surface area (Å²) in [6.07, 6.45) is -0.812. The maximum absolute atomic E-state index is 13.4. The average molecular weight is 617 g/mol. The number of fused-ring (bicyclic) bond motifs is 1. The van der Waals surface area contributed by atoms with Crippen molar-refractivity contribution in [2.75, 3.05) is 50.0 Å². The van der Waals surface area contributed by atoms with E-state index in [0.717, 1.165) is 25.2 Å². The topological polar surface area (TPSA) is 101 Å². The highest BCUT2D eigenvalue weighted by Gasteiger charge is 2.31. The van der Waals surface area contributed by atoms with E-state index in [1.807, 2.05) is 13.8 Å². The van der Waals surface area contributed by atoms with Crippen LogP contribution in [0.2, 0.25) is 5.02 Å². The van der Waals surface area contributed by atoms with Gasteiger partial charge in [-0.3, -0.25) is 9.69 Å². The second-order valence-electron chi connectivity index (χ2n) is 11.0. The van der Waals surface area contributed by atoms with Crippen LogP contribution in [0.1, 0.15) is 31.4 Å². The Bertz CT molecular complexity index is 1510. The number of hydrogen-bond donors (Lipinski definition) is 3. The zero-order valence-corrected chi connectivity index (χ0v) is 24.5. The molecule has 2 aliphatic heterocycles. The fraction of sp³-hybridized carbons (Fsp3) is 0.367. The van der Waals surface area contributed by atoms with Crippen molar-refractivity contribution in [1.82, 2.24) is 20.2 Å². The van der Waals surface area contributed by atoms with Crippen LogP contribution in [0.4, 0.5) is 30.5 Å². The van der Waals surface area contributed by atoms with Gasteiger partial charge >= 0.3 is 6.18 Å². The van der Waals surface area contributed by atoms with Gasteiger partial charge in [0.15, 0.2) is 0 Å². The van der Waals surface area contributed by atoms with Crippen molar-refractivity contribution in [3.63, 3.8) is 0 Å². The number of anilines is 3. The number of carbonyl (C=O) groups excluding carboxylic acids is 1. The van der Waals surface area contributed by atoms with E-state index in [2.05, 4.69) is 30.8 Å². The highest BCUT2D eigenvalue weighted by Crippen LogP contribution is 2.36. The van der Waals surface area contributed by atoms with Crippen LogP contribution < -0.4 is 20.7 Å². The first-order valence-electron chi connectivity index (χ1n) is 13.8. The minimum Gasteiger partial charge on any atom is -0.456 e. The molecule has 228 valence electrons. The molecule has 1 saturated heterocycles. The van der Waals surface area contributed by atoms with Gasteiger partial charge in [0.25, 0.3) is 0 Å². The predicted octanol–water partition coefficient (Wildman–Crippen LogP) is 6.11. The Balaban J connectivity index is 1.32. The number of hydrogen-bond acceptors (Lipinski definition) is 8. The summed E-state index contributed by atoms with van der Waals surface area (Å²) in [6.45, 7) is 8.25. The Morgan fingerprint density at radius 3 is 2.67 bits per heavy atom. The second kappa shape index (κ2) is 12.8. The van der Waals surface area contributed by atoms with Gasteiger partial charge in [0.05, 0.1) is 29.4 Å². The summed E-state index contributed by atoms with van der Waals surface area (Å²) in [5.41, 5.74) is 0.469. The van der Waals surface area contributed by atoms with Gasteiger partial charge in [0.2, 0.25) is 5.91 Å². The molecule has 0 spiro atoms. The van der Waals surface area contributed by atoms with Crippen LogP contribution in [0.3, 0.4) is 0 Å². The monoisotopic (exact) mass is 616 g/mol. The fourth-order valence-corrected chi connectivity index (χ4v) is 5.14. The highest BCUT2D eigenvalue weighted by molar-refractivity contribution is 6.32. The lowest BCUT2D eigenvalue weighted by Gasteiger charge is -2.35. The smallest absolute Gasteiger partial charge is 0.416 e. The van der Waals surface area contributed by atoms with Gasteiger partial charge in [-0.25, -0.2) is 9.97 Å². The molecular formula is C30H32ClF3N6O3. The summed E-state index contributed by atoms with van der Waals surface area (Å²) < 4.78 is 50.3. The Morgan fingerprint density at radius 1 is 1.14 bits per heavy atom. The molecule has 0 bridgehead atoms. The highest BCUT2D eigenvalue weighted by atomic mass is 35.5. The molecule has 2 aliphatic rings. The number of ether oxygens (including phenoxy) is 2. The van der Waals surface area contributed by atoms with E-state index >= 15 is 0 Å². The van der Waals surface area contributed by atoms with Crippen molar-refractivity contribution < 1.29 is 27.4 Å². The molecule has 0 saturated carbocycles. The number of nitrogens with zero attached hydrogens (tertiary/aromatic N) is 3. The summed E-state index contributed by atoms with van der Waals surface area (Å²) in [6, 6.07) is 9.36. The van der Waals surface area contributed by atoms with Crippen molar-refractivity contribution in [3.8, 4) is 11.5 Å². The third kappa shape index (κ3) is 7.95. The minimum absolute atomic E-state index is 0.00805. The normalized spacial score (nSPS) is 15.9. The number of alkyl halides is 3. The van der Waals surface area contributed by atoms with E-state index in [-0.39, 0.29) is 22.4 Å². The first kappa shape index (κ1) is 30.6. The van der Waals surface area contributed by atoms with Crippen LogP contribution in [0, 0.1) is 0 Å². The third-order valence-corrected chi connectivity index (χ3v) is 7.23. The number of halogens is 4. The second-order valence-corrected chi connectivity index (χ2v) is 11.4. The number of morpholine rings is 1. The molecule has 0 atom stereocenters. The van der Waals surface area contributed by atoms with Gasteiger partial charge in [-0.15, -0.1) is 0 Å². The molecule has 1 aromatic heterocycles. The lowest BCUT2D eigenvalue weighted by atomic mass is 10.0. The standard InChI is InChI=1S/C30H32ClF3N6O3/c1-29(2,17-40-10-12-42-13-11-40)39-28(41)19-8-9-35-26-23(14-19)27(37-18-36-26)38-21-6-7-25(24(31)16-21)43-22-5-3-4-20(15-22)30(32,33)34/h3-7,14-16,18H,8-13,17H2,1-2H3,(H,39,41)(H2,35,36,37,38). The van der Waals surface area contributed by atoms with Gasteiger partial charge in [-0.05, 0) is 62.7 Å². The van der Waals surface area contributed by atoms with Gasteiger partial charge in [-0.2, -0.15) is 13.2 Å². The summed E-state index contributed by atoms with van der Waals surface area (Å²) in [5.74, 6) is 1.05. The van der Waals surface area contributed by atoms with E-state index in [0.29, 0.717) is 61.2 Å². The molecule has 0 radical (unpaired) electrons. The lowest BCUT2D eigenvalue weighted by Crippen LogP contribution is -2.53. The Morgan fingerprint density at radius 2 is 1.93 bits per heavy atom. The van der Waals surface area contributed by atoms with Crippen LogP contribution in [0.15, 0.2) is 54.4 Å². The van der Waals surface area contributed by atoms with Crippen molar-refractivity contribution in [1.29, 1.82) is 0 Å². The summed E-state index contributed by atoms with van der Waals surface area (Å²) in [5, 5.41) is 9.82. The number of amides is 1. The zero-order valence-electron chi connectivity index (χ0n) is 23.7. The largest absolute Gasteiger partial charge is 0.456 e. The third-order valence-electron chi connectivity index (χ3n) is 6.94. The van der Waals surface area contributed by atoms with Crippen LogP contribution >= 0.6 is 11.6 Å². The number of benzene rings is 2. The fourth-order valence-electron chi connectivity index (χ4n) is 4.92. The molecule has 13 heteroatoms. The van der Waals surface area contributed by atoms with Gasteiger partial charge < -0.3 is 25.4 Å². The van der Waals surface area contributed by atoms with E-state index in [9.17, 15) is 18.0 Å². The van der Waals surface area contributed by atoms with E-state index < -0.39 is 17.3 Å². The SMILES string of the molecule is CC(C)(CN1CCOCC1)NC(=O)C1=Cc2c(ncnc2Nc2ccc(Oc3cccc(C(F)(F)F)c3)c(Cl)c2)NCC1. The zero-order chi connectivity index (χ0) is 30.6. The van der Waals surface area contributed by atoms with Crippen molar-refractivity contribution in [2.45, 2.75) is 32.0 Å². The first-order valence-corrected chi connectivity index (χ1v) is 14.2. The molecule has 5 rings (SSSR count).